The second-order valence-corrected chi connectivity index (χ2v) is 5.14. The molecule has 0 aromatic heterocycles. The number of anilines is 2. The number of nitrogens with zero attached hydrogens (tertiary/aromatic N) is 1. The Morgan fingerprint density at radius 3 is 2.37 bits per heavy atom. The zero-order valence-corrected chi connectivity index (χ0v) is 12.1. The van der Waals surface area contributed by atoms with E-state index in [1.165, 1.54) is 5.56 Å². The highest BCUT2D eigenvalue weighted by Crippen LogP contribution is 2.33. The van der Waals surface area contributed by atoms with Crippen molar-refractivity contribution in [2.45, 2.75) is 20.0 Å². The average molecular weight is 276 g/mol. The van der Waals surface area contributed by atoms with Crippen molar-refractivity contribution in [1.29, 1.82) is 0 Å². The lowest BCUT2D eigenvalue weighted by atomic mass is 10.1. The summed E-state index contributed by atoms with van der Waals surface area (Å²) >= 11 is 6.32. The lowest BCUT2D eigenvalue weighted by Crippen LogP contribution is -2.11. The molecule has 0 spiro atoms. The van der Waals surface area contributed by atoms with E-state index in [1.54, 1.807) is 6.92 Å². The molecule has 0 aliphatic heterocycles. The van der Waals surface area contributed by atoms with E-state index in [9.17, 15) is 5.11 Å². The van der Waals surface area contributed by atoms with Crippen LogP contribution in [0.4, 0.5) is 11.4 Å². The van der Waals surface area contributed by atoms with Crippen LogP contribution in [0.2, 0.25) is 5.02 Å². The standard InChI is InChI=1S/C16H18ClNO/c1-11-6-4-5-7-15(11)18(3)16-9-8-13(12(2)19)10-14(16)17/h4-10,12,19H,1-3H3. The van der Waals surface area contributed by atoms with E-state index in [4.69, 9.17) is 11.6 Å². The molecule has 2 nitrogen and oxygen atoms in total. The molecule has 2 aromatic rings. The first-order valence-electron chi connectivity index (χ1n) is 6.27. The van der Waals surface area contributed by atoms with Gasteiger partial charge in [0.2, 0.25) is 0 Å². The van der Waals surface area contributed by atoms with E-state index in [0.717, 1.165) is 16.9 Å². The largest absolute Gasteiger partial charge is 0.389 e. The van der Waals surface area contributed by atoms with Crippen LogP contribution in [0.15, 0.2) is 42.5 Å². The minimum absolute atomic E-state index is 0.504. The zero-order chi connectivity index (χ0) is 14.0. The van der Waals surface area contributed by atoms with Gasteiger partial charge in [-0.15, -0.1) is 0 Å². The molecule has 0 radical (unpaired) electrons. The monoisotopic (exact) mass is 275 g/mol. The fourth-order valence-electron chi connectivity index (χ4n) is 2.12. The molecule has 3 heteroatoms. The summed E-state index contributed by atoms with van der Waals surface area (Å²) in [6, 6.07) is 13.8. The van der Waals surface area contributed by atoms with Gasteiger partial charge in [-0.25, -0.2) is 0 Å². The molecule has 0 amide bonds. The summed E-state index contributed by atoms with van der Waals surface area (Å²) in [5, 5.41) is 10.2. The molecule has 0 aliphatic carbocycles. The quantitative estimate of drug-likeness (QED) is 0.893. The fourth-order valence-corrected chi connectivity index (χ4v) is 2.44. The lowest BCUT2D eigenvalue weighted by molar-refractivity contribution is 0.199. The van der Waals surface area contributed by atoms with Crippen LogP contribution >= 0.6 is 11.6 Å². The number of aliphatic hydroxyl groups is 1. The van der Waals surface area contributed by atoms with E-state index in [1.807, 2.05) is 37.4 Å². The molecule has 1 atom stereocenters. The SMILES string of the molecule is Cc1ccccc1N(C)c1ccc(C(C)O)cc1Cl. The van der Waals surface area contributed by atoms with Crippen molar-refractivity contribution in [3.63, 3.8) is 0 Å². The van der Waals surface area contributed by atoms with E-state index in [-0.39, 0.29) is 0 Å². The third-order valence-corrected chi connectivity index (χ3v) is 3.60. The molecular weight excluding hydrogens is 258 g/mol. The topological polar surface area (TPSA) is 23.5 Å². The van der Waals surface area contributed by atoms with E-state index < -0.39 is 6.10 Å². The molecule has 1 N–H and O–H groups in total. The zero-order valence-electron chi connectivity index (χ0n) is 11.4. The molecule has 0 fully saturated rings. The van der Waals surface area contributed by atoms with Crippen molar-refractivity contribution < 1.29 is 5.11 Å². The molecule has 0 bridgehead atoms. The van der Waals surface area contributed by atoms with Crippen molar-refractivity contribution in [2.75, 3.05) is 11.9 Å². The van der Waals surface area contributed by atoms with Gasteiger partial charge in [0, 0.05) is 12.7 Å². The Hall–Kier alpha value is -1.51. The summed E-state index contributed by atoms with van der Waals surface area (Å²) in [5.74, 6) is 0. The van der Waals surface area contributed by atoms with Crippen molar-refractivity contribution in [3.05, 3.63) is 58.6 Å². The second-order valence-electron chi connectivity index (χ2n) is 4.73. The Morgan fingerprint density at radius 1 is 1.11 bits per heavy atom. The lowest BCUT2D eigenvalue weighted by Gasteiger charge is -2.23. The van der Waals surface area contributed by atoms with Crippen LogP contribution in [0.3, 0.4) is 0 Å². The minimum atomic E-state index is -0.504. The maximum absolute atomic E-state index is 9.57. The van der Waals surface area contributed by atoms with Gasteiger partial charge in [0.25, 0.3) is 0 Å². The van der Waals surface area contributed by atoms with E-state index in [0.29, 0.717) is 5.02 Å². The molecule has 0 aliphatic rings. The molecule has 0 heterocycles. The van der Waals surface area contributed by atoms with Gasteiger partial charge >= 0.3 is 0 Å². The molecule has 19 heavy (non-hydrogen) atoms. The summed E-state index contributed by atoms with van der Waals surface area (Å²) in [6.07, 6.45) is -0.504. The van der Waals surface area contributed by atoms with Gasteiger partial charge in [-0.2, -0.15) is 0 Å². The first-order chi connectivity index (χ1) is 9.00. The van der Waals surface area contributed by atoms with Crippen molar-refractivity contribution in [2.24, 2.45) is 0 Å². The summed E-state index contributed by atoms with van der Waals surface area (Å²) in [7, 11) is 1.99. The number of hydrogen-bond donors (Lipinski definition) is 1. The highest BCUT2D eigenvalue weighted by atomic mass is 35.5. The van der Waals surface area contributed by atoms with Crippen LogP contribution in [0.25, 0.3) is 0 Å². The van der Waals surface area contributed by atoms with Gasteiger partial charge in [-0.1, -0.05) is 35.9 Å². The number of para-hydroxylation sites is 1. The molecule has 100 valence electrons. The van der Waals surface area contributed by atoms with Crippen LogP contribution in [-0.4, -0.2) is 12.2 Å². The minimum Gasteiger partial charge on any atom is -0.389 e. The van der Waals surface area contributed by atoms with Crippen LogP contribution in [-0.2, 0) is 0 Å². The molecule has 1 unspecified atom stereocenters. The van der Waals surface area contributed by atoms with Gasteiger partial charge in [-0.3, -0.25) is 0 Å². The predicted octanol–water partition coefficient (Wildman–Crippen LogP) is 4.47. The maximum atomic E-state index is 9.57. The Balaban J connectivity index is 2.40. The number of rotatable bonds is 3. The Kier molecular flexibility index (Phi) is 4.13. The number of halogens is 1. The van der Waals surface area contributed by atoms with Crippen LogP contribution in [0.5, 0.6) is 0 Å². The smallest absolute Gasteiger partial charge is 0.0762 e. The van der Waals surface area contributed by atoms with E-state index >= 15 is 0 Å². The van der Waals surface area contributed by atoms with Crippen LogP contribution in [0.1, 0.15) is 24.2 Å². The summed E-state index contributed by atoms with van der Waals surface area (Å²) in [5.41, 5.74) is 4.07. The highest BCUT2D eigenvalue weighted by Gasteiger charge is 2.11. The van der Waals surface area contributed by atoms with Gasteiger partial charge in [0.05, 0.1) is 16.8 Å². The first kappa shape index (κ1) is 13.9. The van der Waals surface area contributed by atoms with Crippen LogP contribution in [0, 0.1) is 6.92 Å². The van der Waals surface area contributed by atoms with Gasteiger partial charge in [-0.05, 0) is 43.2 Å². The summed E-state index contributed by atoms with van der Waals surface area (Å²) in [6.45, 7) is 3.81. The highest BCUT2D eigenvalue weighted by molar-refractivity contribution is 6.33. The molecular formula is C16H18ClNO. The number of aliphatic hydroxyl groups excluding tert-OH is 1. The Labute approximate surface area is 119 Å². The molecule has 2 rings (SSSR count). The maximum Gasteiger partial charge on any atom is 0.0762 e. The molecule has 0 saturated heterocycles. The van der Waals surface area contributed by atoms with Gasteiger partial charge in [0.1, 0.15) is 0 Å². The second kappa shape index (κ2) is 5.64. The van der Waals surface area contributed by atoms with Crippen LogP contribution < -0.4 is 4.90 Å². The first-order valence-corrected chi connectivity index (χ1v) is 6.65. The fraction of sp³-hybridized carbons (Fsp3) is 0.250. The number of benzene rings is 2. The summed E-state index contributed by atoms with van der Waals surface area (Å²) in [4.78, 5) is 2.06. The van der Waals surface area contributed by atoms with Crippen molar-refractivity contribution >= 4 is 23.0 Å². The van der Waals surface area contributed by atoms with Crippen molar-refractivity contribution in [1.82, 2.24) is 0 Å². The predicted molar refractivity (Wildman–Crippen MR) is 81.3 cm³/mol. The van der Waals surface area contributed by atoms with Gasteiger partial charge in [0.15, 0.2) is 0 Å². The van der Waals surface area contributed by atoms with E-state index in [2.05, 4.69) is 24.0 Å². The Morgan fingerprint density at radius 2 is 1.79 bits per heavy atom. The Bertz CT molecular complexity index is 581. The molecule has 0 saturated carbocycles. The van der Waals surface area contributed by atoms with Crippen molar-refractivity contribution in [3.8, 4) is 0 Å². The average Bonchev–Trinajstić information content (AvgIpc) is 2.38. The third-order valence-electron chi connectivity index (χ3n) is 3.29. The van der Waals surface area contributed by atoms with Gasteiger partial charge < -0.3 is 10.0 Å². The number of hydrogen-bond acceptors (Lipinski definition) is 2. The molecule has 2 aromatic carbocycles. The summed E-state index contributed by atoms with van der Waals surface area (Å²) < 4.78 is 0. The number of aryl methyl sites for hydroxylation is 1. The normalized spacial score (nSPS) is 12.3. The third kappa shape index (κ3) is 2.91.